The van der Waals surface area contributed by atoms with Gasteiger partial charge >= 0.3 is 0 Å². The van der Waals surface area contributed by atoms with Gasteiger partial charge in [-0.1, -0.05) is 30.7 Å². The van der Waals surface area contributed by atoms with Gasteiger partial charge in [-0.15, -0.1) is 0 Å². The fourth-order valence-corrected chi connectivity index (χ4v) is 5.76. The zero-order chi connectivity index (χ0) is 23.3. The molecular weight excluding hydrogens is 438 g/mol. The predicted molar refractivity (Wildman–Crippen MR) is 128 cm³/mol. The number of carbonyl (C=O) groups excluding carboxylic acids is 2. The molecule has 2 aliphatic heterocycles. The van der Waals surface area contributed by atoms with Crippen LogP contribution in [-0.2, 0) is 26.2 Å². The van der Waals surface area contributed by atoms with Gasteiger partial charge in [-0.2, -0.15) is 4.31 Å². The van der Waals surface area contributed by atoms with Crippen molar-refractivity contribution in [1.29, 1.82) is 0 Å². The molecule has 4 rings (SSSR count). The molecule has 33 heavy (non-hydrogen) atoms. The maximum Gasteiger partial charge on any atom is 0.244 e. The van der Waals surface area contributed by atoms with Crippen molar-refractivity contribution in [3.8, 4) is 0 Å². The molecule has 7 nitrogen and oxygen atoms in total. The van der Waals surface area contributed by atoms with E-state index in [9.17, 15) is 18.0 Å². The van der Waals surface area contributed by atoms with Gasteiger partial charge in [0, 0.05) is 44.4 Å². The molecule has 2 aromatic carbocycles. The third-order valence-electron chi connectivity index (χ3n) is 6.02. The first-order valence-electron chi connectivity index (χ1n) is 11.4. The van der Waals surface area contributed by atoms with E-state index in [1.165, 1.54) is 6.08 Å². The first-order valence-corrected chi connectivity index (χ1v) is 12.8. The lowest BCUT2D eigenvalue weighted by Gasteiger charge is -2.26. The van der Waals surface area contributed by atoms with E-state index in [0.29, 0.717) is 19.5 Å². The average molecular weight is 468 g/mol. The van der Waals surface area contributed by atoms with Crippen LogP contribution in [-0.4, -0.2) is 44.2 Å². The van der Waals surface area contributed by atoms with Crippen molar-refractivity contribution in [1.82, 2.24) is 9.62 Å². The Labute approximate surface area is 195 Å². The molecule has 2 aromatic rings. The van der Waals surface area contributed by atoms with E-state index < -0.39 is 10.0 Å². The summed E-state index contributed by atoms with van der Waals surface area (Å²) in [5.74, 6) is -0.122. The standard InChI is InChI=1S/C25H29N3O4S/c29-24(14-11-20-9-12-22(13-10-20)28-17-5-8-25(28)30)26-19-21-6-4-7-23(18-21)33(31,32)27-15-2-1-3-16-27/h4,6-7,9-14,18H,1-3,5,8,15-17,19H2,(H,26,29)/b14-11+. The van der Waals surface area contributed by atoms with Crippen LogP contribution in [0.2, 0.25) is 0 Å². The number of piperidine rings is 1. The maximum atomic E-state index is 12.9. The third-order valence-corrected chi connectivity index (χ3v) is 7.92. The van der Waals surface area contributed by atoms with Gasteiger partial charge in [0.1, 0.15) is 0 Å². The zero-order valence-electron chi connectivity index (χ0n) is 18.6. The van der Waals surface area contributed by atoms with Crippen molar-refractivity contribution in [2.75, 3.05) is 24.5 Å². The summed E-state index contributed by atoms with van der Waals surface area (Å²) in [6.45, 7) is 2.10. The van der Waals surface area contributed by atoms with Crippen LogP contribution in [0.25, 0.3) is 6.08 Å². The quantitative estimate of drug-likeness (QED) is 0.633. The fourth-order valence-electron chi connectivity index (χ4n) is 4.18. The molecule has 2 aliphatic rings. The molecule has 2 heterocycles. The van der Waals surface area contributed by atoms with Gasteiger partial charge in [-0.05, 0) is 60.7 Å². The van der Waals surface area contributed by atoms with Gasteiger partial charge in [0.2, 0.25) is 21.8 Å². The van der Waals surface area contributed by atoms with Crippen LogP contribution in [0.5, 0.6) is 0 Å². The van der Waals surface area contributed by atoms with Crippen LogP contribution in [0.4, 0.5) is 5.69 Å². The van der Waals surface area contributed by atoms with E-state index in [2.05, 4.69) is 5.32 Å². The molecule has 174 valence electrons. The summed E-state index contributed by atoms with van der Waals surface area (Å²) in [4.78, 5) is 26.1. The normalized spacial score (nSPS) is 17.6. The molecule has 0 atom stereocenters. The highest BCUT2D eigenvalue weighted by molar-refractivity contribution is 7.89. The van der Waals surface area contributed by atoms with E-state index in [4.69, 9.17) is 0 Å². The smallest absolute Gasteiger partial charge is 0.244 e. The lowest BCUT2D eigenvalue weighted by Crippen LogP contribution is -2.35. The fraction of sp³-hybridized carbons (Fsp3) is 0.360. The monoisotopic (exact) mass is 467 g/mol. The number of hydrogen-bond acceptors (Lipinski definition) is 4. The highest BCUT2D eigenvalue weighted by atomic mass is 32.2. The maximum absolute atomic E-state index is 12.9. The SMILES string of the molecule is O=C(/C=C/c1ccc(N2CCCC2=O)cc1)NCc1cccc(S(=O)(=O)N2CCCCC2)c1. The summed E-state index contributed by atoms with van der Waals surface area (Å²) >= 11 is 0. The number of sulfonamides is 1. The Hall–Kier alpha value is -2.97. The number of benzene rings is 2. The lowest BCUT2D eigenvalue weighted by molar-refractivity contribution is -0.117. The van der Waals surface area contributed by atoms with Crippen molar-refractivity contribution in [3.63, 3.8) is 0 Å². The van der Waals surface area contributed by atoms with Gasteiger partial charge in [-0.3, -0.25) is 9.59 Å². The van der Waals surface area contributed by atoms with Gasteiger partial charge < -0.3 is 10.2 Å². The van der Waals surface area contributed by atoms with Gasteiger partial charge in [0.25, 0.3) is 0 Å². The summed E-state index contributed by atoms with van der Waals surface area (Å²) in [5.41, 5.74) is 2.46. The van der Waals surface area contributed by atoms with Crippen LogP contribution in [0.15, 0.2) is 59.5 Å². The Morgan fingerprint density at radius 2 is 1.73 bits per heavy atom. The van der Waals surface area contributed by atoms with E-state index in [1.807, 2.05) is 24.3 Å². The second-order valence-electron chi connectivity index (χ2n) is 8.40. The number of nitrogens with zero attached hydrogens (tertiary/aromatic N) is 2. The van der Waals surface area contributed by atoms with Gasteiger partial charge in [-0.25, -0.2) is 8.42 Å². The molecule has 0 bridgehead atoms. The van der Waals surface area contributed by atoms with Gasteiger partial charge in [0.05, 0.1) is 4.90 Å². The minimum atomic E-state index is -3.50. The number of nitrogens with one attached hydrogen (secondary N) is 1. The molecule has 0 spiro atoms. The van der Waals surface area contributed by atoms with E-state index in [-0.39, 0.29) is 23.3 Å². The Bertz CT molecular complexity index is 1140. The zero-order valence-corrected chi connectivity index (χ0v) is 19.4. The minimum Gasteiger partial charge on any atom is -0.348 e. The highest BCUT2D eigenvalue weighted by Crippen LogP contribution is 2.23. The van der Waals surface area contributed by atoms with E-state index in [0.717, 1.165) is 49.0 Å². The lowest BCUT2D eigenvalue weighted by atomic mass is 10.2. The van der Waals surface area contributed by atoms with Crippen molar-refractivity contribution >= 4 is 33.6 Å². The summed E-state index contributed by atoms with van der Waals surface area (Å²) in [7, 11) is -3.50. The first kappa shape index (κ1) is 23.2. The molecule has 0 saturated carbocycles. The molecule has 0 aliphatic carbocycles. The van der Waals surface area contributed by atoms with Gasteiger partial charge in [0.15, 0.2) is 0 Å². The summed E-state index contributed by atoms with van der Waals surface area (Å²) in [6.07, 6.45) is 7.48. The topological polar surface area (TPSA) is 86.8 Å². The van der Waals surface area contributed by atoms with Crippen LogP contribution in [0, 0.1) is 0 Å². The third kappa shape index (κ3) is 5.69. The first-order chi connectivity index (χ1) is 15.9. The number of amides is 2. The number of rotatable bonds is 7. The second-order valence-corrected chi connectivity index (χ2v) is 10.3. The minimum absolute atomic E-state index is 0.144. The molecule has 0 unspecified atom stereocenters. The Balaban J connectivity index is 1.33. The predicted octanol–water partition coefficient (Wildman–Crippen LogP) is 3.32. The Morgan fingerprint density at radius 3 is 2.42 bits per heavy atom. The molecular formula is C25H29N3O4S. The largest absolute Gasteiger partial charge is 0.348 e. The van der Waals surface area contributed by atoms with Crippen LogP contribution >= 0.6 is 0 Å². The summed E-state index contributed by atoms with van der Waals surface area (Å²) < 4.78 is 27.3. The average Bonchev–Trinajstić information content (AvgIpc) is 3.28. The van der Waals surface area contributed by atoms with Crippen LogP contribution in [0.3, 0.4) is 0 Å². The molecule has 8 heteroatoms. The number of carbonyl (C=O) groups is 2. The Kier molecular flexibility index (Phi) is 7.25. The van der Waals surface area contributed by atoms with Crippen molar-refractivity contribution in [2.45, 2.75) is 43.5 Å². The van der Waals surface area contributed by atoms with E-state index >= 15 is 0 Å². The number of anilines is 1. The van der Waals surface area contributed by atoms with Crippen LogP contribution in [0.1, 0.15) is 43.2 Å². The molecule has 1 N–H and O–H groups in total. The molecule has 2 saturated heterocycles. The Morgan fingerprint density at radius 1 is 0.970 bits per heavy atom. The van der Waals surface area contributed by atoms with E-state index in [1.54, 1.807) is 39.5 Å². The van der Waals surface area contributed by atoms with Crippen molar-refractivity contribution in [3.05, 3.63) is 65.7 Å². The van der Waals surface area contributed by atoms with Crippen molar-refractivity contribution in [2.24, 2.45) is 0 Å². The van der Waals surface area contributed by atoms with Crippen LogP contribution < -0.4 is 10.2 Å². The summed E-state index contributed by atoms with van der Waals surface area (Å²) in [5, 5.41) is 2.80. The van der Waals surface area contributed by atoms with Crippen molar-refractivity contribution < 1.29 is 18.0 Å². The molecule has 2 amide bonds. The highest BCUT2D eigenvalue weighted by Gasteiger charge is 2.26. The molecule has 2 fully saturated rings. The molecule has 0 aromatic heterocycles. The second kappa shape index (κ2) is 10.3. The number of hydrogen-bond donors (Lipinski definition) is 1. The summed E-state index contributed by atoms with van der Waals surface area (Å²) in [6, 6.07) is 14.3. The molecule has 0 radical (unpaired) electrons.